The third-order valence-corrected chi connectivity index (χ3v) is 9.74. The van der Waals surface area contributed by atoms with Crippen molar-refractivity contribution in [2.75, 3.05) is 42.3 Å². The molecule has 1 N–H and O–H groups in total. The predicted octanol–water partition coefficient (Wildman–Crippen LogP) is 4.60. The Morgan fingerprint density at radius 2 is 1.77 bits per heavy atom. The molecule has 0 radical (unpaired) electrons. The Kier molecular flexibility index (Phi) is 7.31. The summed E-state index contributed by atoms with van der Waals surface area (Å²) in [6, 6.07) is 14.3. The van der Waals surface area contributed by atoms with Gasteiger partial charge in [0.05, 0.1) is 5.41 Å². The molecule has 1 unspecified atom stereocenters. The topological polar surface area (TPSA) is 90.4 Å². The number of ether oxygens (including phenoxy) is 1. The highest BCUT2D eigenvalue weighted by atomic mass is 32.2. The largest absolute Gasteiger partial charge is 0.611 e. The highest BCUT2D eigenvalue weighted by Crippen LogP contribution is 2.41. The van der Waals surface area contributed by atoms with E-state index < -0.39 is 16.6 Å². The van der Waals surface area contributed by atoms with Crippen molar-refractivity contribution in [2.45, 2.75) is 55.4 Å². The lowest BCUT2D eigenvalue weighted by atomic mass is 9.68. The molecule has 2 fully saturated rings. The normalized spacial score (nSPS) is 21.0. The van der Waals surface area contributed by atoms with Crippen LogP contribution in [-0.4, -0.2) is 58.4 Å². The molecule has 2 saturated heterocycles. The molecule has 0 spiro atoms. The SMILES string of the molecule is Cc1ccc(C(=O)C2(c3ccc(F)cc3)CCN(c3nc4c(c(NC5CCOCC5)n3)[S+]([O-])CC4)CC2)cc1. The monoisotopic (exact) mass is 548 g/mol. The maximum Gasteiger partial charge on any atom is 0.227 e. The molecule has 0 saturated carbocycles. The highest BCUT2D eigenvalue weighted by Gasteiger charge is 2.44. The Labute approximate surface area is 231 Å². The van der Waals surface area contributed by atoms with Gasteiger partial charge in [-0.05, 0) is 61.5 Å². The number of rotatable bonds is 6. The van der Waals surface area contributed by atoms with Crippen LogP contribution in [0.4, 0.5) is 16.2 Å². The van der Waals surface area contributed by atoms with Gasteiger partial charge in [0.1, 0.15) is 17.3 Å². The van der Waals surface area contributed by atoms with Crippen LogP contribution >= 0.6 is 0 Å². The minimum absolute atomic E-state index is 0.0564. The molecule has 6 rings (SSSR count). The summed E-state index contributed by atoms with van der Waals surface area (Å²) in [7, 11) is 0. The maximum atomic E-state index is 14.0. The van der Waals surface area contributed by atoms with E-state index in [1.165, 1.54) is 12.1 Å². The van der Waals surface area contributed by atoms with Gasteiger partial charge in [-0.2, -0.15) is 4.98 Å². The standard InChI is InChI=1S/C30H33FN4O3S/c1-20-2-4-21(5-3-20)27(36)30(22-6-8-23(31)9-7-22)13-15-35(16-14-30)29-33-25-12-19-39(37)26(25)28(34-29)32-24-10-17-38-18-11-24/h2-9,24H,10-19H2,1H3,(H,32,33,34). The maximum absolute atomic E-state index is 14.0. The molecule has 9 heteroatoms. The second-order valence-corrected chi connectivity index (χ2v) is 12.3. The summed E-state index contributed by atoms with van der Waals surface area (Å²) in [5.74, 6) is 1.58. The lowest BCUT2D eigenvalue weighted by Crippen LogP contribution is -2.48. The molecule has 0 bridgehead atoms. The fourth-order valence-electron chi connectivity index (χ4n) is 5.94. The minimum atomic E-state index is -1.11. The Balaban J connectivity index is 1.29. The Morgan fingerprint density at radius 1 is 1.08 bits per heavy atom. The van der Waals surface area contributed by atoms with Crippen LogP contribution in [0.1, 0.15) is 52.9 Å². The van der Waals surface area contributed by atoms with Gasteiger partial charge in [-0.15, -0.1) is 0 Å². The first-order chi connectivity index (χ1) is 18.9. The van der Waals surface area contributed by atoms with E-state index in [2.05, 4.69) is 10.2 Å². The zero-order chi connectivity index (χ0) is 27.0. The first-order valence-electron chi connectivity index (χ1n) is 13.7. The van der Waals surface area contributed by atoms with E-state index in [4.69, 9.17) is 14.7 Å². The number of anilines is 2. The third-order valence-electron chi connectivity index (χ3n) is 8.28. The minimum Gasteiger partial charge on any atom is -0.611 e. The molecule has 0 amide bonds. The Bertz CT molecular complexity index is 1340. The lowest BCUT2D eigenvalue weighted by molar-refractivity contribution is 0.0854. The van der Waals surface area contributed by atoms with Crippen LogP contribution in [0.25, 0.3) is 0 Å². The van der Waals surface area contributed by atoms with E-state index >= 15 is 0 Å². The molecule has 2 aromatic carbocycles. The van der Waals surface area contributed by atoms with Crippen LogP contribution in [0, 0.1) is 12.7 Å². The Hall–Kier alpha value is -3.01. The van der Waals surface area contributed by atoms with E-state index in [9.17, 15) is 13.7 Å². The molecule has 4 heterocycles. The number of Topliss-reactive ketones (excluding diaryl/α,β-unsaturated/α-hetero) is 1. The number of ketones is 1. The van der Waals surface area contributed by atoms with Crippen LogP contribution in [0.15, 0.2) is 53.4 Å². The van der Waals surface area contributed by atoms with E-state index in [0.717, 1.165) is 34.6 Å². The summed E-state index contributed by atoms with van der Waals surface area (Å²) < 4.78 is 32.1. The molecule has 39 heavy (non-hydrogen) atoms. The third kappa shape index (κ3) is 5.15. The number of nitrogens with one attached hydrogen (secondary N) is 1. The zero-order valence-corrected chi connectivity index (χ0v) is 22.9. The van der Waals surface area contributed by atoms with E-state index in [-0.39, 0.29) is 17.6 Å². The van der Waals surface area contributed by atoms with Crippen molar-refractivity contribution >= 4 is 28.7 Å². The summed E-state index contributed by atoms with van der Waals surface area (Å²) in [6.07, 6.45) is 3.54. The number of fused-ring (bicyclic) bond motifs is 1. The Morgan fingerprint density at radius 3 is 2.46 bits per heavy atom. The molecule has 1 aromatic heterocycles. The fourth-order valence-corrected chi connectivity index (χ4v) is 7.26. The van der Waals surface area contributed by atoms with Gasteiger partial charge >= 0.3 is 0 Å². The van der Waals surface area contributed by atoms with Gasteiger partial charge < -0.3 is 19.5 Å². The van der Waals surface area contributed by atoms with Crippen molar-refractivity contribution in [2.24, 2.45) is 0 Å². The highest BCUT2D eigenvalue weighted by molar-refractivity contribution is 7.91. The average Bonchev–Trinajstić information content (AvgIpc) is 3.35. The van der Waals surface area contributed by atoms with Gasteiger partial charge in [0, 0.05) is 44.3 Å². The van der Waals surface area contributed by atoms with Gasteiger partial charge in [0.2, 0.25) is 10.8 Å². The van der Waals surface area contributed by atoms with Crippen molar-refractivity contribution < 1.29 is 18.5 Å². The van der Waals surface area contributed by atoms with Gasteiger partial charge in [-0.25, -0.2) is 9.37 Å². The van der Waals surface area contributed by atoms with Gasteiger partial charge in [-0.1, -0.05) is 42.0 Å². The van der Waals surface area contributed by atoms with E-state index in [1.54, 1.807) is 12.1 Å². The molecule has 0 aliphatic carbocycles. The second kappa shape index (κ2) is 10.9. The number of halogens is 1. The molecule has 3 aliphatic rings. The van der Waals surface area contributed by atoms with Crippen molar-refractivity contribution in [3.8, 4) is 0 Å². The number of aryl methyl sites for hydroxylation is 2. The number of nitrogens with zero attached hydrogens (tertiary/aromatic N) is 3. The summed E-state index contributed by atoms with van der Waals surface area (Å²) in [5.41, 5.74) is 2.68. The van der Waals surface area contributed by atoms with Crippen LogP contribution in [0.5, 0.6) is 0 Å². The number of hydrogen-bond donors (Lipinski definition) is 1. The first kappa shape index (κ1) is 26.2. The summed E-state index contributed by atoms with van der Waals surface area (Å²) in [5, 5.41) is 3.54. The van der Waals surface area contributed by atoms with Crippen molar-refractivity contribution in [1.29, 1.82) is 0 Å². The van der Waals surface area contributed by atoms with Crippen molar-refractivity contribution in [3.05, 3.63) is 76.7 Å². The van der Waals surface area contributed by atoms with Crippen molar-refractivity contribution in [1.82, 2.24) is 9.97 Å². The molecular weight excluding hydrogens is 515 g/mol. The van der Waals surface area contributed by atoms with Crippen LogP contribution in [-0.2, 0) is 27.7 Å². The molecule has 7 nitrogen and oxygen atoms in total. The molecule has 3 aliphatic heterocycles. The molecule has 3 aromatic rings. The number of hydrogen-bond acceptors (Lipinski definition) is 7. The number of carbonyl (C=O) groups is 1. The van der Waals surface area contributed by atoms with Gasteiger partial charge in [-0.3, -0.25) is 4.79 Å². The quantitative estimate of drug-likeness (QED) is 0.356. The fraction of sp³-hybridized carbons (Fsp3) is 0.433. The van der Waals surface area contributed by atoms with Crippen LogP contribution in [0.3, 0.4) is 0 Å². The van der Waals surface area contributed by atoms with Crippen molar-refractivity contribution in [3.63, 3.8) is 0 Å². The summed E-state index contributed by atoms with van der Waals surface area (Å²) in [4.78, 5) is 26.6. The predicted molar refractivity (Wildman–Crippen MR) is 150 cm³/mol. The van der Waals surface area contributed by atoms with Gasteiger partial charge in [0.25, 0.3) is 0 Å². The van der Waals surface area contributed by atoms with Crippen LogP contribution < -0.4 is 10.2 Å². The second-order valence-electron chi connectivity index (χ2n) is 10.7. The summed E-state index contributed by atoms with van der Waals surface area (Å²) in [6.45, 7) is 4.56. The smallest absolute Gasteiger partial charge is 0.227 e. The molecule has 1 atom stereocenters. The summed E-state index contributed by atoms with van der Waals surface area (Å²) >= 11 is -1.11. The average molecular weight is 549 g/mol. The molecular formula is C30H33FN4O3S. The number of carbonyl (C=O) groups excluding carboxylic acids is 1. The first-order valence-corrected chi connectivity index (χ1v) is 15.0. The van der Waals surface area contributed by atoms with Gasteiger partial charge in [0.15, 0.2) is 11.6 Å². The van der Waals surface area contributed by atoms with E-state index in [1.807, 2.05) is 31.2 Å². The van der Waals surface area contributed by atoms with E-state index in [0.29, 0.717) is 68.6 Å². The number of aromatic nitrogens is 2. The number of piperidine rings is 1. The van der Waals surface area contributed by atoms with Crippen LogP contribution in [0.2, 0.25) is 0 Å². The number of benzene rings is 2. The lowest BCUT2D eigenvalue weighted by Gasteiger charge is -2.41. The zero-order valence-electron chi connectivity index (χ0n) is 22.1. The molecule has 204 valence electrons.